The third kappa shape index (κ3) is 3.78. The molecule has 2 aromatic carbocycles. The van der Waals surface area contributed by atoms with Gasteiger partial charge < -0.3 is 10.2 Å². The van der Waals surface area contributed by atoms with Crippen molar-refractivity contribution < 1.29 is 14.0 Å². The molecule has 0 spiro atoms. The standard InChI is InChI=1S/C26H30FN3O2/c1-6-30-23-11-16(2)19(12-20(23)17(3)14-26(30,4)5)13-22-24(31)29(25(32)28-22)15-18-9-7-8-10-21(18)27/h7-13,17H,6,14-15H2,1-5H3,(H,28,32)/b22-13-. The topological polar surface area (TPSA) is 52.7 Å². The Morgan fingerprint density at radius 2 is 1.94 bits per heavy atom. The molecule has 2 aliphatic rings. The first-order valence-electron chi connectivity index (χ1n) is 11.1. The van der Waals surface area contributed by atoms with Gasteiger partial charge in [-0.05, 0) is 81.0 Å². The van der Waals surface area contributed by atoms with Crippen LogP contribution in [0.4, 0.5) is 14.9 Å². The van der Waals surface area contributed by atoms with E-state index in [4.69, 9.17) is 0 Å². The highest BCUT2D eigenvalue weighted by Crippen LogP contribution is 2.44. The zero-order valence-electron chi connectivity index (χ0n) is 19.3. The Hall–Kier alpha value is -3.15. The first-order valence-corrected chi connectivity index (χ1v) is 11.1. The fourth-order valence-electron chi connectivity index (χ4n) is 5.07. The minimum atomic E-state index is -0.535. The molecule has 1 fully saturated rings. The summed E-state index contributed by atoms with van der Waals surface area (Å²) in [7, 11) is 0. The summed E-state index contributed by atoms with van der Waals surface area (Å²) in [4.78, 5) is 28.9. The van der Waals surface area contributed by atoms with E-state index in [2.05, 4.69) is 50.0 Å². The Labute approximate surface area is 188 Å². The van der Waals surface area contributed by atoms with Crippen LogP contribution in [-0.2, 0) is 11.3 Å². The molecule has 0 bridgehead atoms. The molecular weight excluding hydrogens is 405 g/mol. The van der Waals surface area contributed by atoms with E-state index < -0.39 is 17.8 Å². The predicted octanol–water partition coefficient (Wildman–Crippen LogP) is 5.34. The van der Waals surface area contributed by atoms with Crippen LogP contribution < -0.4 is 10.2 Å². The number of halogens is 1. The van der Waals surface area contributed by atoms with E-state index in [1.165, 1.54) is 17.3 Å². The van der Waals surface area contributed by atoms with Gasteiger partial charge in [0, 0.05) is 23.3 Å². The summed E-state index contributed by atoms with van der Waals surface area (Å²) in [6, 6.07) is 9.95. The third-order valence-corrected chi connectivity index (χ3v) is 6.64. The smallest absolute Gasteiger partial charge is 0.329 e. The summed E-state index contributed by atoms with van der Waals surface area (Å²) in [6.07, 6.45) is 2.78. The Balaban J connectivity index is 1.66. The van der Waals surface area contributed by atoms with Crippen molar-refractivity contribution in [2.45, 2.75) is 59.0 Å². The van der Waals surface area contributed by atoms with Gasteiger partial charge in [0.15, 0.2) is 0 Å². The van der Waals surface area contributed by atoms with Gasteiger partial charge in [-0.25, -0.2) is 9.18 Å². The third-order valence-electron chi connectivity index (χ3n) is 6.64. The minimum absolute atomic E-state index is 0.0796. The van der Waals surface area contributed by atoms with Crippen LogP contribution in [0.1, 0.15) is 62.3 Å². The van der Waals surface area contributed by atoms with Crippen LogP contribution in [-0.4, -0.2) is 28.9 Å². The Morgan fingerprint density at radius 1 is 1.22 bits per heavy atom. The van der Waals surface area contributed by atoms with E-state index in [1.807, 2.05) is 6.92 Å². The van der Waals surface area contributed by atoms with Crippen molar-refractivity contribution in [1.29, 1.82) is 0 Å². The Bertz CT molecular complexity index is 1120. The molecule has 2 aromatic rings. The maximum atomic E-state index is 14.0. The van der Waals surface area contributed by atoms with Crippen molar-refractivity contribution in [2.24, 2.45) is 0 Å². The SMILES string of the molecule is CCN1c2cc(C)c(/C=C3\NC(=O)N(Cc4ccccc4F)C3=O)cc2C(C)CC1(C)C. The molecule has 32 heavy (non-hydrogen) atoms. The van der Waals surface area contributed by atoms with E-state index in [0.717, 1.165) is 29.0 Å². The van der Waals surface area contributed by atoms with E-state index in [0.29, 0.717) is 11.5 Å². The first-order chi connectivity index (χ1) is 15.1. The maximum absolute atomic E-state index is 14.0. The molecule has 3 amide bonds. The number of carbonyl (C=O) groups excluding carboxylic acids is 2. The quantitative estimate of drug-likeness (QED) is 0.521. The van der Waals surface area contributed by atoms with Gasteiger partial charge in [-0.1, -0.05) is 25.1 Å². The monoisotopic (exact) mass is 435 g/mol. The highest BCUT2D eigenvalue weighted by molar-refractivity contribution is 6.14. The van der Waals surface area contributed by atoms with Crippen LogP contribution >= 0.6 is 0 Å². The van der Waals surface area contributed by atoms with E-state index in [1.54, 1.807) is 24.3 Å². The molecule has 5 nitrogen and oxygen atoms in total. The number of nitrogens with zero attached hydrogens (tertiary/aromatic N) is 2. The molecule has 2 heterocycles. The largest absolute Gasteiger partial charge is 0.366 e. The summed E-state index contributed by atoms with van der Waals surface area (Å²) in [5, 5.41) is 2.66. The van der Waals surface area contributed by atoms with E-state index >= 15 is 0 Å². The van der Waals surface area contributed by atoms with Gasteiger partial charge in [-0.2, -0.15) is 0 Å². The molecule has 0 aliphatic carbocycles. The molecule has 0 radical (unpaired) electrons. The number of hydrogen-bond acceptors (Lipinski definition) is 3. The number of carbonyl (C=O) groups is 2. The molecule has 1 atom stereocenters. The van der Waals surface area contributed by atoms with Crippen LogP contribution in [0.25, 0.3) is 6.08 Å². The summed E-state index contributed by atoms with van der Waals surface area (Å²) < 4.78 is 14.0. The average Bonchev–Trinajstić information content (AvgIpc) is 2.98. The molecule has 1 N–H and O–H groups in total. The van der Waals surface area contributed by atoms with Crippen LogP contribution in [0.2, 0.25) is 0 Å². The maximum Gasteiger partial charge on any atom is 0.329 e. The normalized spacial score (nSPS) is 21.2. The summed E-state index contributed by atoms with van der Waals surface area (Å²) in [6.45, 7) is 11.8. The number of rotatable bonds is 4. The second-order valence-corrected chi connectivity index (χ2v) is 9.40. The number of anilines is 1. The average molecular weight is 436 g/mol. The first kappa shape index (κ1) is 22.1. The Kier molecular flexibility index (Phi) is 5.57. The number of imide groups is 1. The lowest BCUT2D eigenvalue weighted by Gasteiger charge is -2.47. The van der Waals surface area contributed by atoms with E-state index in [-0.39, 0.29) is 17.8 Å². The van der Waals surface area contributed by atoms with Crippen molar-refractivity contribution in [3.63, 3.8) is 0 Å². The molecule has 1 unspecified atom stereocenters. The second kappa shape index (κ2) is 8.08. The predicted molar refractivity (Wildman–Crippen MR) is 125 cm³/mol. The van der Waals surface area contributed by atoms with Gasteiger partial charge in [-0.15, -0.1) is 0 Å². The summed E-state index contributed by atoms with van der Waals surface area (Å²) in [5.74, 6) is -0.500. The summed E-state index contributed by atoms with van der Waals surface area (Å²) >= 11 is 0. The number of fused-ring (bicyclic) bond motifs is 1. The number of benzene rings is 2. The number of hydrogen-bond donors (Lipinski definition) is 1. The molecule has 6 heteroatoms. The van der Waals surface area contributed by atoms with Crippen LogP contribution in [0.15, 0.2) is 42.1 Å². The lowest BCUT2D eigenvalue weighted by atomic mass is 9.79. The Morgan fingerprint density at radius 3 is 2.62 bits per heavy atom. The van der Waals surface area contributed by atoms with Gasteiger partial charge in [0.05, 0.1) is 6.54 Å². The molecular formula is C26H30FN3O2. The fraction of sp³-hybridized carbons (Fsp3) is 0.385. The van der Waals surface area contributed by atoms with Gasteiger partial charge in [0.2, 0.25) is 0 Å². The van der Waals surface area contributed by atoms with Gasteiger partial charge in [0.1, 0.15) is 11.5 Å². The zero-order valence-corrected chi connectivity index (χ0v) is 19.3. The summed E-state index contributed by atoms with van der Waals surface area (Å²) in [5.41, 5.74) is 5.03. The molecule has 0 saturated carbocycles. The van der Waals surface area contributed by atoms with Crippen LogP contribution in [0, 0.1) is 12.7 Å². The van der Waals surface area contributed by atoms with Gasteiger partial charge in [0.25, 0.3) is 5.91 Å². The van der Waals surface area contributed by atoms with Gasteiger partial charge >= 0.3 is 6.03 Å². The number of nitrogens with one attached hydrogen (secondary N) is 1. The van der Waals surface area contributed by atoms with Crippen molar-refractivity contribution in [3.8, 4) is 0 Å². The zero-order chi connectivity index (χ0) is 23.2. The van der Waals surface area contributed by atoms with Crippen molar-refractivity contribution >= 4 is 23.7 Å². The fourth-order valence-corrected chi connectivity index (χ4v) is 5.07. The number of amides is 3. The molecule has 1 saturated heterocycles. The molecule has 4 rings (SSSR count). The molecule has 2 aliphatic heterocycles. The number of aryl methyl sites for hydroxylation is 1. The van der Waals surface area contributed by atoms with Crippen LogP contribution in [0.5, 0.6) is 0 Å². The van der Waals surface area contributed by atoms with Crippen molar-refractivity contribution in [3.05, 3.63) is 70.2 Å². The lowest BCUT2D eigenvalue weighted by Crippen LogP contribution is -2.48. The van der Waals surface area contributed by atoms with Crippen LogP contribution in [0.3, 0.4) is 0 Å². The molecule has 168 valence electrons. The molecule has 0 aromatic heterocycles. The minimum Gasteiger partial charge on any atom is -0.366 e. The van der Waals surface area contributed by atoms with Gasteiger partial charge in [-0.3, -0.25) is 9.69 Å². The highest BCUT2D eigenvalue weighted by Gasteiger charge is 2.37. The highest BCUT2D eigenvalue weighted by atomic mass is 19.1. The lowest BCUT2D eigenvalue weighted by molar-refractivity contribution is -0.123. The van der Waals surface area contributed by atoms with Crippen molar-refractivity contribution in [1.82, 2.24) is 10.2 Å². The number of urea groups is 1. The second-order valence-electron chi connectivity index (χ2n) is 9.40. The van der Waals surface area contributed by atoms with Crippen molar-refractivity contribution in [2.75, 3.05) is 11.4 Å². The van der Waals surface area contributed by atoms with E-state index in [9.17, 15) is 14.0 Å².